The number of phenols is 2. The molecule has 0 unspecified atom stereocenters. The molecular formula is C23H38O4. The van der Waals surface area contributed by atoms with E-state index in [1.54, 1.807) is 0 Å². The van der Waals surface area contributed by atoms with Crippen LogP contribution < -0.4 is 4.74 Å². The number of carbonyl (C=O) groups excluding carboxylic acids is 1. The Balaban J connectivity index is 2.08. The molecule has 0 bridgehead atoms. The van der Waals surface area contributed by atoms with Gasteiger partial charge in [-0.25, -0.2) is 0 Å². The summed E-state index contributed by atoms with van der Waals surface area (Å²) in [5, 5.41) is 19.4. The van der Waals surface area contributed by atoms with Gasteiger partial charge in [0.25, 0.3) is 0 Å². The monoisotopic (exact) mass is 378 g/mol. The van der Waals surface area contributed by atoms with Gasteiger partial charge < -0.3 is 14.9 Å². The molecule has 1 aromatic rings. The van der Waals surface area contributed by atoms with E-state index < -0.39 is 0 Å². The van der Waals surface area contributed by atoms with Gasteiger partial charge in [-0.1, -0.05) is 84.0 Å². The molecule has 0 aliphatic carbocycles. The third kappa shape index (κ3) is 9.69. The van der Waals surface area contributed by atoms with Gasteiger partial charge in [0.2, 0.25) is 0 Å². The Morgan fingerprint density at radius 1 is 0.815 bits per heavy atom. The molecule has 0 aromatic heterocycles. The van der Waals surface area contributed by atoms with Crippen LogP contribution in [-0.2, 0) is 0 Å². The van der Waals surface area contributed by atoms with Crippen molar-refractivity contribution < 1.29 is 19.7 Å². The highest BCUT2D eigenvalue weighted by molar-refractivity contribution is 6.01. The molecule has 0 fully saturated rings. The molecule has 27 heavy (non-hydrogen) atoms. The third-order valence-corrected chi connectivity index (χ3v) is 5.07. The number of Topliss-reactive ketones (excluding diaryl/α,β-unsaturated/α-hetero) is 1. The molecule has 4 nitrogen and oxygen atoms in total. The van der Waals surface area contributed by atoms with E-state index in [1.807, 2.05) is 0 Å². The van der Waals surface area contributed by atoms with Crippen molar-refractivity contribution in [2.75, 3.05) is 7.11 Å². The van der Waals surface area contributed by atoms with E-state index in [9.17, 15) is 15.0 Å². The molecule has 0 saturated heterocycles. The van der Waals surface area contributed by atoms with Crippen LogP contribution in [0.25, 0.3) is 0 Å². The molecule has 1 rings (SSSR count). The summed E-state index contributed by atoms with van der Waals surface area (Å²) in [6, 6.07) is 2.54. The van der Waals surface area contributed by atoms with E-state index in [0.717, 1.165) is 19.3 Å². The van der Waals surface area contributed by atoms with Gasteiger partial charge in [0.05, 0.1) is 7.11 Å². The summed E-state index contributed by atoms with van der Waals surface area (Å²) in [6.07, 6.45) is 16.8. The van der Waals surface area contributed by atoms with Crippen molar-refractivity contribution in [1.82, 2.24) is 0 Å². The maximum atomic E-state index is 12.3. The van der Waals surface area contributed by atoms with Crippen molar-refractivity contribution in [3.63, 3.8) is 0 Å². The molecule has 0 aliphatic rings. The van der Waals surface area contributed by atoms with Crippen LogP contribution in [0.2, 0.25) is 0 Å². The van der Waals surface area contributed by atoms with Crippen LogP contribution in [0.1, 0.15) is 107 Å². The zero-order chi connectivity index (χ0) is 19.9. The van der Waals surface area contributed by atoms with Crippen molar-refractivity contribution in [2.24, 2.45) is 0 Å². The van der Waals surface area contributed by atoms with Gasteiger partial charge in [0.1, 0.15) is 22.8 Å². The summed E-state index contributed by atoms with van der Waals surface area (Å²) in [4.78, 5) is 12.3. The number of ether oxygens (including phenoxy) is 1. The zero-order valence-corrected chi connectivity index (χ0v) is 17.3. The van der Waals surface area contributed by atoms with Gasteiger partial charge in [-0.3, -0.25) is 4.79 Å². The lowest BCUT2D eigenvalue weighted by molar-refractivity contribution is 0.0973. The first kappa shape index (κ1) is 23.3. The molecule has 1 aromatic carbocycles. The molecule has 0 atom stereocenters. The first-order valence-corrected chi connectivity index (χ1v) is 10.7. The molecule has 2 N–H and O–H groups in total. The Bertz CT molecular complexity index is 539. The highest BCUT2D eigenvalue weighted by Gasteiger charge is 2.18. The second-order valence-electron chi connectivity index (χ2n) is 7.46. The van der Waals surface area contributed by atoms with E-state index in [1.165, 1.54) is 83.5 Å². The zero-order valence-electron chi connectivity index (χ0n) is 17.3. The Hall–Kier alpha value is -1.71. The lowest BCUT2D eigenvalue weighted by atomic mass is 10.0. The van der Waals surface area contributed by atoms with Crippen molar-refractivity contribution >= 4 is 5.78 Å². The minimum absolute atomic E-state index is 0.109. The maximum absolute atomic E-state index is 12.3. The van der Waals surface area contributed by atoms with Gasteiger partial charge in [-0.15, -0.1) is 0 Å². The smallest absolute Gasteiger partial charge is 0.170 e. The fourth-order valence-electron chi connectivity index (χ4n) is 3.46. The number of rotatable bonds is 16. The normalized spacial score (nSPS) is 10.9. The van der Waals surface area contributed by atoms with Crippen molar-refractivity contribution in [3.05, 3.63) is 17.7 Å². The van der Waals surface area contributed by atoms with Gasteiger partial charge in [-0.2, -0.15) is 0 Å². The summed E-state index contributed by atoms with van der Waals surface area (Å²) in [7, 11) is 1.43. The van der Waals surface area contributed by atoms with Crippen LogP contribution in [0.5, 0.6) is 17.2 Å². The van der Waals surface area contributed by atoms with Crippen LogP contribution in [0.3, 0.4) is 0 Å². The first-order valence-electron chi connectivity index (χ1n) is 10.7. The minimum atomic E-state index is -0.216. The van der Waals surface area contributed by atoms with Crippen LogP contribution in [-0.4, -0.2) is 23.1 Å². The van der Waals surface area contributed by atoms with E-state index >= 15 is 0 Å². The number of unbranched alkanes of at least 4 members (excludes halogenated alkanes) is 12. The van der Waals surface area contributed by atoms with Crippen molar-refractivity contribution in [1.29, 1.82) is 0 Å². The Kier molecular flexibility index (Phi) is 12.4. The maximum Gasteiger partial charge on any atom is 0.170 e. The highest BCUT2D eigenvalue weighted by atomic mass is 16.5. The number of hydrogen-bond acceptors (Lipinski definition) is 4. The Morgan fingerprint density at radius 3 is 1.78 bits per heavy atom. The number of methoxy groups -OCH3 is 1. The molecule has 0 saturated carbocycles. The molecule has 0 radical (unpaired) electrons. The van der Waals surface area contributed by atoms with Gasteiger partial charge in [0, 0.05) is 18.6 Å². The number of ketones is 1. The molecular weight excluding hydrogens is 340 g/mol. The van der Waals surface area contributed by atoms with E-state index in [2.05, 4.69) is 6.92 Å². The average Bonchev–Trinajstić information content (AvgIpc) is 2.64. The predicted octanol–water partition coefficient (Wildman–Crippen LogP) is 6.77. The van der Waals surface area contributed by atoms with E-state index in [0.29, 0.717) is 6.42 Å². The molecule has 0 aliphatic heterocycles. The standard InChI is InChI=1S/C23H38O4/c1-3-4-5-6-7-8-9-10-11-12-13-14-15-16-20(25)23-21(26)17-19(24)18-22(23)27-2/h17-18,24,26H,3-16H2,1-2H3. The quantitative estimate of drug-likeness (QED) is 0.246. The van der Waals surface area contributed by atoms with Gasteiger partial charge >= 0.3 is 0 Å². The fraction of sp³-hybridized carbons (Fsp3) is 0.696. The summed E-state index contributed by atoms with van der Waals surface area (Å²) >= 11 is 0. The highest BCUT2D eigenvalue weighted by Crippen LogP contribution is 2.34. The van der Waals surface area contributed by atoms with Crippen LogP contribution >= 0.6 is 0 Å². The number of hydrogen-bond donors (Lipinski definition) is 2. The summed E-state index contributed by atoms with van der Waals surface area (Å²) in [5.41, 5.74) is 0.175. The van der Waals surface area contributed by atoms with Gasteiger partial charge in [0.15, 0.2) is 5.78 Å². The van der Waals surface area contributed by atoms with Crippen molar-refractivity contribution in [2.45, 2.75) is 96.8 Å². The summed E-state index contributed by atoms with van der Waals surface area (Å²) in [5.74, 6) is -0.229. The first-order chi connectivity index (χ1) is 13.1. The second kappa shape index (κ2) is 14.4. The number of carbonyl (C=O) groups is 1. The second-order valence-corrected chi connectivity index (χ2v) is 7.46. The molecule has 154 valence electrons. The van der Waals surface area contributed by atoms with Gasteiger partial charge in [-0.05, 0) is 6.42 Å². The van der Waals surface area contributed by atoms with Crippen molar-refractivity contribution in [3.8, 4) is 17.2 Å². The summed E-state index contributed by atoms with van der Waals surface area (Å²) < 4.78 is 5.11. The lowest BCUT2D eigenvalue weighted by Crippen LogP contribution is -2.03. The van der Waals surface area contributed by atoms with Crippen LogP contribution in [0.4, 0.5) is 0 Å². The third-order valence-electron chi connectivity index (χ3n) is 5.07. The largest absolute Gasteiger partial charge is 0.508 e. The average molecular weight is 379 g/mol. The number of aromatic hydroxyl groups is 2. The number of benzene rings is 1. The number of phenolic OH excluding ortho intramolecular Hbond substituents is 2. The minimum Gasteiger partial charge on any atom is -0.508 e. The molecule has 0 amide bonds. The molecule has 0 heterocycles. The predicted molar refractivity (Wildman–Crippen MR) is 111 cm³/mol. The molecule has 0 spiro atoms. The topological polar surface area (TPSA) is 66.8 Å². The van der Waals surface area contributed by atoms with Crippen LogP contribution in [0.15, 0.2) is 12.1 Å². The Morgan fingerprint density at radius 2 is 1.30 bits per heavy atom. The van der Waals surface area contributed by atoms with E-state index in [-0.39, 0.29) is 28.6 Å². The SMILES string of the molecule is CCCCCCCCCCCCCCCC(=O)c1c(O)cc(O)cc1OC. The van der Waals surface area contributed by atoms with E-state index in [4.69, 9.17) is 4.74 Å². The Labute approximate surface area is 164 Å². The molecule has 4 heteroatoms. The summed E-state index contributed by atoms with van der Waals surface area (Å²) in [6.45, 7) is 2.25. The lowest BCUT2D eigenvalue weighted by Gasteiger charge is -2.10. The fourth-order valence-corrected chi connectivity index (χ4v) is 3.46. The van der Waals surface area contributed by atoms with Crippen LogP contribution in [0, 0.1) is 0 Å².